The van der Waals surface area contributed by atoms with Gasteiger partial charge < -0.3 is 10.6 Å². The molecular formula is C14H18FN3O2. The zero-order valence-corrected chi connectivity index (χ0v) is 11.5. The molecule has 1 unspecified atom stereocenters. The Bertz CT molecular complexity index is 512. The molecule has 0 bridgehead atoms. The molecule has 1 atom stereocenters. The largest absolute Gasteiger partial charge is 0.353 e. The summed E-state index contributed by atoms with van der Waals surface area (Å²) in [4.78, 5) is 22.9. The summed E-state index contributed by atoms with van der Waals surface area (Å²) in [7, 11) is 0. The average molecular weight is 279 g/mol. The Labute approximate surface area is 116 Å². The summed E-state index contributed by atoms with van der Waals surface area (Å²) in [6.07, 6.45) is 0. The van der Waals surface area contributed by atoms with Crippen LogP contribution in [0.15, 0.2) is 12.1 Å². The third-order valence-electron chi connectivity index (χ3n) is 3.29. The van der Waals surface area contributed by atoms with Crippen molar-refractivity contribution in [2.45, 2.75) is 26.4 Å². The van der Waals surface area contributed by atoms with Crippen molar-refractivity contribution < 1.29 is 14.0 Å². The van der Waals surface area contributed by atoms with E-state index in [0.717, 1.165) is 5.56 Å². The van der Waals surface area contributed by atoms with Crippen molar-refractivity contribution >= 4 is 11.8 Å². The third kappa shape index (κ3) is 3.33. The normalized spacial score (nSPS) is 18.6. The van der Waals surface area contributed by atoms with Gasteiger partial charge in [-0.15, -0.1) is 0 Å². The molecule has 108 valence electrons. The predicted octanol–water partition coefficient (Wildman–Crippen LogP) is 0.147. The Morgan fingerprint density at radius 3 is 2.60 bits per heavy atom. The summed E-state index contributed by atoms with van der Waals surface area (Å²) in [6.45, 7) is 4.17. The lowest BCUT2D eigenvalue weighted by atomic mass is 10.1. The second kappa shape index (κ2) is 6.00. The van der Waals surface area contributed by atoms with Crippen LogP contribution in [0.5, 0.6) is 0 Å². The van der Waals surface area contributed by atoms with E-state index in [9.17, 15) is 14.0 Å². The Kier molecular flexibility index (Phi) is 4.34. The van der Waals surface area contributed by atoms with Crippen molar-refractivity contribution in [2.24, 2.45) is 0 Å². The molecule has 5 nitrogen and oxygen atoms in total. The highest BCUT2D eigenvalue weighted by Crippen LogP contribution is 2.14. The topological polar surface area (TPSA) is 70.2 Å². The quantitative estimate of drug-likeness (QED) is 0.737. The van der Waals surface area contributed by atoms with E-state index in [1.165, 1.54) is 0 Å². The summed E-state index contributed by atoms with van der Waals surface area (Å²) >= 11 is 0. The van der Waals surface area contributed by atoms with Crippen molar-refractivity contribution in [1.29, 1.82) is 0 Å². The molecule has 1 aromatic rings. The van der Waals surface area contributed by atoms with Crippen molar-refractivity contribution in [1.82, 2.24) is 16.0 Å². The summed E-state index contributed by atoms with van der Waals surface area (Å²) in [5, 5.41) is 8.26. The van der Waals surface area contributed by atoms with Gasteiger partial charge in [0.25, 0.3) is 0 Å². The molecular weight excluding hydrogens is 261 g/mol. The number of piperazine rings is 1. The molecule has 1 aliphatic heterocycles. The Balaban J connectivity index is 1.92. The maximum Gasteiger partial charge on any atom is 0.239 e. The average Bonchev–Trinajstić information content (AvgIpc) is 2.42. The van der Waals surface area contributed by atoms with Gasteiger partial charge in [0.2, 0.25) is 11.8 Å². The van der Waals surface area contributed by atoms with Crippen LogP contribution in [0.1, 0.15) is 16.7 Å². The zero-order valence-electron chi connectivity index (χ0n) is 11.5. The first-order valence-corrected chi connectivity index (χ1v) is 6.51. The van der Waals surface area contributed by atoms with Crippen molar-refractivity contribution in [3.8, 4) is 0 Å². The van der Waals surface area contributed by atoms with Crippen LogP contribution in [0.2, 0.25) is 0 Å². The van der Waals surface area contributed by atoms with Crippen LogP contribution in [-0.4, -0.2) is 30.9 Å². The van der Waals surface area contributed by atoms with E-state index in [2.05, 4.69) is 16.0 Å². The highest BCUT2D eigenvalue weighted by Gasteiger charge is 2.23. The molecule has 1 saturated heterocycles. The first-order valence-electron chi connectivity index (χ1n) is 6.51. The van der Waals surface area contributed by atoms with Gasteiger partial charge in [-0.05, 0) is 30.5 Å². The highest BCUT2D eigenvalue weighted by molar-refractivity contribution is 5.86. The number of benzene rings is 1. The van der Waals surface area contributed by atoms with Crippen LogP contribution in [0.3, 0.4) is 0 Å². The predicted molar refractivity (Wildman–Crippen MR) is 72.5 cm³/mol. The monoisotopic (exact) mass is 279 g/mol. The second-order valence-corrected chi connectivity index (χ2v) is 5.00. The highest BCUT2D eigenvalue weighted by atomic mass is 19.1. The van der Waals surface area contributed by atoms with Gasteiger partial charge >= 0.3 is 0 Å². The maximum absolute atomic E-state index is 13.5. The lowest BCUT2D eigenvalue weighted by Crippen LogP contribution is -2.57. The molecule has 1 aliphatic rings. The molecule has 6 heteroatoms. The molecule has 3 N–H and O–H groups in total. The Hall–Kier alpha value is -1.95. The smallest absolute Gasteiger partial charge is 0.239 e. The van der Waals surface area contributed by atoms with Crippen LogP contribution >= 0.6 is 0 Å². The van der Waals surface area contributed by atoms with E-state index in [4.69, 9.17) is 0 Å². The number of amides is 2. The molecule has 0 aliphatic carbocycles. The van der Waals surface area contributed by atoms with E-state index >= 15 is 0 Å². The van der Waals surface area contributed by atoms with E-state index in [-0.39, 0.29) is 30.7 Å². The molecule has 20 heavy (non-hydrogen) atoms. The number of halogens is 1. The number of carbonyl (C=O) groups excluding carboxylic acids is 2. The fourth-order valence-electron chi connectivity index (χ4n) is 2.20. The first-order chi connectivity index (χ1) is 9.47. The van der Waals surface area contributed by atoms with Gasteiger partial charge in [-0.1, -0.05) is 12.1 Å². The Morgan fingerprint density at radius 1 is 1.40 bits per heavy atom. The van der Waals surface area contributed by atoms with E-state index in [1.807, 2.05) is 0 Å². The maximum atomic E-state index is 13.5. The van der Waals surface area contributed by atoms with Crippen molar-refractivity contribution in [3.63, 3.8) is 0 Å². The van der Waals surface area contributed by atoms with Crippen LogP contribution in [0.25, 0.3) is 0 Å². The first kappa shape index (κ1) is 14.5. The number of nitrogens with one attached hydrogen (secondary N) is 3. The molecule has 0 radical (unpaired) electrons. The molecule has 0 saturated carbocycles. The second-order valence-electron chi connectivity index (χ2n) is 5.00. The number of rotatable bonds is 3. The zero-order chi connectivity index (χ0) is 14.7. The number of aryl methyl sites for hydroxylation is 2. The summed E-state index contributed by atoms with van der Waals surface area (Å²) in [5.41, 5.74) is 1.99. The van der Waals surface area contributed by atoms with Gasteiger partial charge in [0, 0.05) is 13.1 Å². The summed E-state index contributed by atoms with van der Waals surface area (Å²) in [6, 6.07) is 3.02. The summed E-state index contributed by atoms with van der Waals surface area (Å²) < 4.78 is 13.5. The van der Waals surface area contributed by atoms with Crippen LogP contribution in [-0.2, 0) is 16.1 Å². The third-order valence-corrected chi connectivity index (χ3v) is 3.29. The van der Waals surface area contributed by atoms with Crippen LogP contribution < -0.4 is 16.0 Å². The molecule has 1 heterocycles. The van der Waals surface area contributed by atoms with Gasteiger partial charge in [-0.2, -0.15) is 0 Å². The van der Waals surface area contributed by atoms with E-state index in [0.29, 0.717) is 17.7 Å². The minimum atomic E-state index is -0.421. The molecule has 2 rings (SSSR count). The van der Waals surface area contributed by atoms with Gasteiger partial charge in [0.1, 0.15) is 11.9 Å². The number of carbonyl (C=O) groups is 2. The molecule has 1 aromatic carbocycles. The molecule has 0 aromatic heterocycles. The van der Waals surface area contributed by atoms with Crippen molar-refractivity contribution in [2.75, 3.05) is 13.1 Å². The fourth-order valence-corrected chi connectivity index (χ4v) is 2.20. The SMILES string of the molecule is Cc1cc(CNC(=O)C2CNC(=O)CN2)cc(C)c1F. The Morgan fingerprint density at radius 2 is 2.05 bits per heavy atom. The van der Waals surface area contributed by atoms with Crippen molar-refractivity contribution in [3.05, 3.63) is 34.6 Å². The lowest BCUT2D eigenvalue weighted by Gasteiger charge is -2.23. The molecule has 1 fully saturated rings. The molecule has 2 amide bonds. The minimum Gasteiger partial charge on any atom is -0.353 e. The van der Waals surface area contributed by atoms with Gasteiger partial charge in [-0.25, -0.2) is 4.39 Å². The van der Waals surface area contributed by atoms with Crippen LogP contribution in [0.4, 0.5) is 4.39 Å². The van der Waals surface area contributed by atoms with Crippen LogP contribution in [0, 0.1) is 19.7 Å². The van der Waals surface area contributed by atoms with Gasteiger partial charge in [0.05, 0.1) is 6.54 Å². The number of hydrogen-bond acceptors (Lipinski definition) is 3. The number of hydrogen-bond donors (Lipinski definition) is 3. The van der Waals surface area contributed by atoms with E-state index < -0.39 is 6.04 Å². The van der Waals surface area contributed by atoms with E-state index in [1.54, 1.807) is 26.0 Å². The lowest BCUT2D eigenvalue weighted by molar-refractivity contribution is -0.126. The fraction of sp³-hybridized carbons (Fsp3) is 0.429. The standard InChI is InChI=1S/C14H18FN3O2/c1-8-3-10(4-9(2)13(8)15)5-18-14(20)11-6-17-12(19)7-16-11/h3-4,11,16H,5-7H2,1-2H3,(H,17,19)(H,18,20). The molecule has 0 spiro atoms. The van der Waals surface area contributed by atoms with Gasteiger partial charge in [0.15, 0.2) is 0 Å². The van der Waals surface area contributed by atoms with Gasteiger partial charge in [-0.3, -0.25) is 14.9 Å². The summed E-state index contributed by atoms with van der Waals surface area (Å²) in [5.74, 6) is -0.500. The minimum absolute atomic E-state index is 0.112.